The van der Waals surface area contributed by atoms with Gasteiger partial charge in [0.15, 0.2) is 0 Å². The van der Waals surface area contributed by atoms with Crippen molar-refractivity contribution in [3.63, 3.8) is 0 Å². The van der Waals surface area contributed by atoms with E-state index >= 15 is 0 Å². The number of benzene rings is 2. The van der Waals surface area contributed by atoms with Crippen LogP contribution in [0.1, 0.15) is 15.9 Å². The van der Waals surface area contributed by atoms with Crippen LogP contribution in [0.4, 0.5) is 10.1 Å². The molecule has 0 atom stereocenters. The number of halogens is 1. The lowest BCUT2D eigenvalue weighted by molar-refractivity contribution is 0.102. The minimum absolute atomic E-state index is 0.00135. The normalized spacial score (nSPS) is 10.2. The van der Waals surface area contributed by atoms with E-state index in [4.69, 9.17) is 5.11 Å². The number of amides is 1. The van der Waals surface area contributed by atoms with Crippen LogP contribution in [-0.4, -0.2) is 16.1 Å². The minimum atomic E-state index is -0.578. The van der Waals surface area contributed by atoms with Crippen LogP contribution in [0.5, 0.6) is 11.5 Å². The van der Waals surface area contributed by atoms with Crippen LogP contribution in [0.2, 0.25) is 0 Å². The molecule has 0 radical (unpaired) electrons. The molecule has 4 nitrogen and oxygen atoms in total. The second kappa shape index (κ2) is 4.97. The van der Waals surface area contributed by atoms with E-state index in [9.17, 15) is 14.3 Å². The Bertz CT molecular complexity index is 641. The van der Waals surface area contributed by atoms with Gasteiger partial charge in [-0.15, -0.1) is 0 Å². The highest BCUT2D eigenvalue weighted by Crippen LogP contribution is 2.24. The number of hydrogen-bond acceptors (Lipinski definition) is 3. The number of hydrogen-bond donors (Lipinski definition) is 3. The third kappa shape index (κ3) is 2.65. The lowest BCUT2D eigenvalue weighted by Gasteiger charge is -2.10. The van der Waals surface area contributed by atoms with Crippen LogP contribution in [0.25, 0.3) is 0 Å². The molecule has 0 saturated carbocycles. The zero-order valence-electron chi connectivity index (χ0n) is 10.1. The Morgan fingerprint density at radius 1 is 1.21 bits per heavy atom. The smallest absolute Gasteiger partial charge is 0.259 e. The van der Waals surface area contributed by atoms with Gasteiger partial charge in [0.05, 0.1) is 5.56 Å². The average Bonchev–Trinajstić information content (AvgIpc) is 2.34. The maximum absolute atomic E-state index is 13.3. The Balaban J connectivity index is 2.28. The Morgan fingerprint density at radius 2 is 1.95 bits per heavy atom. The van der Waals surface area contributed by atoms with Crippen molar-refractivity contribution in [2.75, 3.05) is 5.32 Å². The number of nitrogens with one attached hydrogen (secondary N) is 1. The fraction of sp³-hybridized carbons (Fsp3) is 0.0714. The topological polar surface area (TPSA) is 69.6 Å². The SMILES string of the molecule is Cc1c(F)cccc1NC(=O)c1ccc(O)cc1O. The molecule has 0 unspecified atom stereocenters. The van der Waals surface area contributed by atoms with E-state index in [1.807, 2.05) is 0 Å². The predicted molar refractivity (Wildman–Crippen MR) is 68.9 cm³/mol. The number of aromatic hydroxyl groups is 2. The van der Waals surface area contributed by atoms with Crippen molar-refractivity contribution >= 4 is 11.6 Å². The summed E-state index contributed by atoms with van der Waals surface area (Å²) in [6, 6.07) is 7.97. The van der Waals surface area contributed by atoms with E-state index in [2.05, 4.69) is 5.32 Å². The molecule has 0 fully saturated rings. The lowest BCUT2D eigenvalue weighted by Crippen LogP contribution is -2.13. The van der Waals surface area contributed by atoms with E-state index in [1.165, 1.54) is 24.3 Å². The first kappa shape index (κ1) is 12.9. The molecule has 98 valence electrons. The molecule has 2 aromatic carbocycles. The first-order valence-corrected chi connectivity index (χ1v) is 5.57. The summed E-state index contributed by atoms with van der Waals surface area (Å²) in [4.78, 5) is 11.9. The van der Waals surface area contributed by atoms with Crippen LogP contribution < -0.4 is 5.32 Å². The summed E-state index contributed by atoms with van der Waals surface area (Å²) in [6.07, 6.45) is 0. The van der Waals surface area contributed by atoms with Crippen LogP contribution in [-0.2, 0) is 0 Å². The van der Waals surface area contributed by atoms with E-state index in [0.29, 0.717) is 11.3 Å². The van der Waals surface area contributed by atoms with Gasteiger partial charge in [0.2, 0.25) is 0 Å². The van der Waals surface area contributed by atoms with Gasteiger partial charge in [-0.3, -0.25) is 4.79 Å². The van der Waals surface area contributed by atoms with Gasteiger partial charge in [-0.25, -0.2) is 4.39 Å². The Morgan fingerprint density at radius 3 is 2.63 bits per heavy atom. The van der Waals surface area contributed by atoms with Gasteiger partial charge in [-0.1, -0.05) is 6.07 Å². The zero-order chi connectivity index (χ0) is 14.0. The first-order valence-electron chi connectivity index (χ1n) is 5.57. The lowest BCUT2D eigenvalue weighted by atomic mass is 10.1. The van der Waals surface area contributed by atoms with Gasteiger partial charge in [0.1, 0.15) is 17.3 Å². The van der Waals surface area contributed by atoms with E-state index < -0.39 is 11.7 Å². The summed E-state index contributed by atoms with van der Waals surface area (Å²) in [5.41, 5.74) is 0.646. The molecular formula is C14H12FNO3. The van der Waals surface area contributed by atoms with Gasteiger partial charge >= 0.3 is 0 Å². The molecule has 0 aliphatic rings. The number of phenolic OH excluding ortho intramolecular Hbond substituents is 2. The van der Waals surface area contributed by atoms with Crippen molar-refractivity contribution in [2.45, 2.75) is 6.92 Å². The predicted octanol–water partition coefficient (Wildman–Crippen LogP) is 2.80. The largest absolute Gasteiger partial charge is 0.508 e. The quantitative estimate of drug-likeness (QED) is 0.778. The van der Waals surface area contributed by atoms with Crippen molar-refractivity contribution in [2.24, 2.45) is 0 Å². The molecule has 2 rings (SSSR count). The molecule has 0 aromatic heterocycles. The standard InChI is InChI=1S/C14H12FNO3/c1-8-11(15)3-2-4-12(8)16-14(19)10-6-5-9(17)7-13(10)18/h2-7,17-18H,1H3,(H,16,19). The van der Waals surface area contributed by atoms with Gasteiger partial charge < -0.3 is 15.5 Å². The highest BCUT2D eigenvalue weighted by Gasteiger charge is 2.13. The van der Waals surface area contributed by atoms with Crippen molar-refractivity contribution < 1.29 is 19.4 Å². The number of rotatable bonds is 2. The van der Waals surface area contributed by atoms with E-state index in [0.717, 1.165) is 6.07 Å². The molecule has 0 aliphatic carbocycles. The summed E-state index contributed by atoms with van der Waals surface area (Å²) in [5, 5.41) is 21.2. The zero-order valence-corrected chi connectivity index (χ0v) is 10.1. The molecular weight excluding hydrogens is 249 g/mol. The third-order valence-electron chi connectivity index (χ3n) is 2.74. The van der Waals surface area contributed by atoms with E-state index in [-0.39, 0.29) is 17.1 Å². The molecule has 5 heteroatoms. The first-order chi connectivity index (χ1) is 8.99. The van der Waals surface area contributed by atoms with Gasteiger partial charge in [0.25, 0.3) is 5.91 Å². The maximum Gasteiger partial charge on any atom is 0.259 e. The molecule has 1 amide bonds. The summed E-state index contributed by atoms with van der Waals surface area (Å²) in [6.45, 7) is 1.54. The van der Waals surface area contributed by atoms with E-state index in [1.54, 1.807) is 13.0 Å². The van der Waals surface area contributed by atoms with Gasteiger partial charge in [0, 0.05) is 17.3 Å². The fourth-order valence-corrected chi connectivity index (χ4v) is 1.64. The number of phenols is 2. The Hall–Kier alpha value is -2.56. The van der Waals surface area contributed by atoms with Crippen LogP contribution >= 0.6 is 0 Å². The maximum atomic E-state index is 13.3. The monoisotopic (exact) mass is 261 g/mol. The van der Waals surface area contributed by atoms with Crippen LogP contribution in [0.15, 0.2) is 36.4 Å². The Labute approximate surface area is 109 Å². The average molecular weight is 261 g/mol. The number of carbonyl (C=O) groups is 1. The summed E-state index contributed by atoms with van der Waals surface area (Å²) in [7, 11) is 0. The molecule has 0 spiro atoms. The molecule has 19 heavy (non-hydrogen) atoms. The highest BCUT2D eigenvalue weighted by atomic mass is 19.1. The minimum Gasteiger partial charge on any atom is -0.508 e. The van der Waals surface area contributed by atoms with Crippen molar-refractivity contribution in [3.05, 3.63) is 53.3 Å². The summed E-state index contributed by atoms with van der Waals surface area (Å²) in [5.74, 6) is -1.48. The molecule has 3 N–H and O–H groups in total. The second-order valence-electron chi connectivity index (χ2n) is 4.07. The number of carbonyl (C=O) groups excluding carboxylic acids is 1. The molecule has 0 aliphatic heterocycles. The summed E-state index contributed by atoms with van der Waals surface area (Å²) >= 11 is 0. The van der Waals surface area contributed by atoms with Gasteiger partial charge in [-0.2, -0.15) is 0 Å². The number of anilines is 1. The molecule has 0 saturated heterocycles. The molecule has 2 aromatic rings. The highest BCUT2D eigenvalue weighted by molar-refractivity contribution is 6.06. The fourth-order valence-electron chi connectivity index (χ4n) is 1.64. The van der Waals surface area contributed by atoms with Crippen LogP contribution in [0, 0.1) is 12.7 Å². The van der Waals surface area contributed by atoms with Crippen molar-refractivity contribution in [1.82, 2.24) is 0 Å². The van der Waals surface area contributed by atoms with Crippen molar-refractivity contribution in [3.8, 4) is 11.5 Å². The summed E-state index contributed by atoms with van der Waals surface area (Å²) < 4.78 is 13.3. The third-order valence-corrected chi connectivity index (χ3v) is 2.74. The van der Waals surface area contributed by atoms with Crippen LogP contribution in [0.3, 0.4) is 0 Å². The Kier molecular flexibility index (Phi) is 3.37. The molecule has 0 heterocycles. The second-order valence-corrected chi connectivity index (χ2v) is 4.07. The van der Waals surface area contributed by atoms with Crippen molar-refractivity contribution in [1.29, 1.82) is 0 Å². The molecule has 0 bridgehead atoms. The van der Waals surface area contributed by atoms with Gasteiger partial charge in [-0.05, 0) is 31.2 Å².